The molecule has 1 aromatic carbocycles. The number of benzene rings is 1. The molecule has 0 saturated carbocycles. The second-order valence-corrected chi connectivity index (χ2v) is 7.38. The van der Waals surface area contributed by atoms with E-state index in [1.54, 1.807) is 24.3 Å². The molecule has 1 aliphatic rings. The lowest BCUT2D eigenvalue weighted by molar-refractivity contribution is -0.255. The Morgan fingerprint density at radius 2 is 2.07 bits per heavy atom. The first-order valence-electron chi connectivity index (χ1n) is 8.94. The van der Waals surface area contributed by atoms with Gasteiger partial charge >= 0.3 is 0 Å². The summed E-state index contributed by atoms with van der Waals surface area (Å²) < 4.78 is 5.74. The van der Waals surface area contributed by atoms with E-state index >= 15 is 0 Å². The highest BCUT2D eigenvalue weighted by Gasteiger charge is 2.41. The Morgan fingerprint density at radius 3 is 2.82 bits per heavy atom. The average molecular weight is 399 g/mol. The number of thioether (sulfide) groups is 1. The SMILES string of the molecule is CCCCOc1ccccc1N1C(=O)C[C@H](Sc2ncccc2C(=O)[O-])C1=O. The number of carboxylic acids is 1. The first-order valence-corrected chi connectivity index (χ1v) is 9.82. The van der Waals surface area contributed by atoms with Crippen LogP contribution in [0.15, 0.2) is 47.6 Å². The zero-order valence-electron chi connectivity index (χ0n) is 15.3. The summed E-state index contributed by atoms with van der Waals surface area (Å²) in [5.41, 5.74) is 0.298. The number of imide groups is 1. The van der Waals surface area contributed by atoms with Crippen molar-refractivity contribution < 1.29 is 24.2 Å². The van der Waals surface area contributed by atoms with Gasteiger partial charge in [-0.15, -0.1) is 0 Å². The van der Waals surface area contributed by atoms with Crippen LogP contribution < -0.4 is 14.7 Å². The fourth-order valence-corrected chi connectivity index (χ4v) is 3.92. The first-order chi connectivity index (χ1) is 13.5. The van der Waals surface area contributed by atoms with E-state index in [0.29, 0.717) is 18.0 Å². The zero-order chi connectivity index (χ0) is 20.1. The van der Waals surface area contributed by atoms with E-state index in [0.717, 1.165) is 29.5 Å². The lowest BCUT2D eigenvalue weighted by Gasteiger charge is -2.19. The molecule has 1 aliphatic heterocycles. The highest BCUT2D eigenvalue weighted by Crippen LogP contribution is 2.37. The van der Waals surface area contributed by atoms with E-state index in [1.807, 2.05) is 6.92 Å². The van der Waals surface area contributed by atoms with Gasteiger partial charge in [0.1, 0.15) is 10.8 Å². The number of carbonyl (C=O) groups excluding carboxylic acids is 3. The molecule has 0 spiro atoms. The summed E-state index contributed by atoms with van der Waals surface area (Å²) in [6, 6.07) is 9.74. The van der Waals surface area contributed by atoms with Gasteiger partial charge in [0.25, 0.3) is 0 Å². The number of unbranched alkanes of at least 4 members (excludes halogenated alkanes) is 1. The molecule has 3 rings (SSSR count). The number of amides is 2. The summed E-state index contributed by atoms with van der Waals surface area (Å²) in [7, 11) is 0. The van der Waals surface area contributed by atoms with Crippen LogP contribution in [0.5, 0.6) is 5.75 Å². The molecule has 1 atom stereocenters. The monoisotopic (exact) mass is 399 g/mol. The largest absolute Gasteiger partial charge is 0.545 e. The first kappa shape index (κ1) is 19.9. The minimum atomic E-state index is -1.38. The molecule has 2 amide bonds. The van der Waals surface area contributed by atoms with Gasteiger partial charge in [-0.25, -0.2) is 9.88 Å². The lowest BCUT2D eigenvalue weighted by Crippen LogP contribution is -2.31. The van der Waals surface area contributed by atoms with Crippen molar-refractivity contribution >= 4 is 35.2 Å². The minimum Gasteiger partial charge on any atom is -0.545 e. The fraction of sp³-hybridized carbons (Fsp3) is 0.300. The van der Waals surface area contributed by atoms with Crippen molar-refractivity contribution in [1.82, 2.24) is 4.98 Å². The quantitative estimate of drug-likeness (QED) is 0.495. The molecule has 1 fully saturated rings. The van der Waals surface area contributed by atoms with Crippen LogP contribution in [0.25, 0.3) is 0 Å². The number of pyridine rings is 1. The number of anilines is 1. The summed E-state index contributed by atoms with van der Waals surface area (Å²) in [4.78, 5) is 41.9. The van der Waals surface area contributed by atoms with Crippen LogP contribution >= 0.6 is 11.8 Å². The van der Waals surface area contributed by atoms with Crippen molar-refractivity contribution in [2.45, 2.75) is 36.5 Å². The second-order valence-electron chi connectivity index (χ2n) is 6.19. The second kappa shape index (κ2) is 8.88. The smallest absolute Gasteiger partial charge is 0.247 e. The molecule has 1 aromatic heterocycles. The van der Waals surface area contributed by atoms with Crippen molar-refractivity contribution in [1.29, 1.82) is 0 Å². The van der Waals surface area contributed by atoms with Crippen LogP contribution in [0.1, 0.15) is 36.5 Å². The van der Waals surface area contributed by atoms with Gasteiger partial charge < -0.3 is 14.6 Å². The van der Waals surface area contributed by atoms with Crippen molar-refractivity contribution in [3.63, 3.8) is 0 Å². The van der Waals surface area contributed by atoms with Gasteiger partial charge in [-0.2, -0.15) is 0 Å². The third-order valence-corrected chi connectivity index (χ3v) is 5.41. The third kappa shape index (κ3) is 4.17. The molecule has 0 N–H and O–H groups in total. The Hall–Kier alpha value is -2.87. The molecule has 28 heavy (non-hydrogen) atoms. The number of aromatic carboxylic acids is 1. The Kier molecular flexibility index (Phi) is 6.30. The van der Waals surface area contributed by atoms with Crippen LogP contribution in [0.3, 0.4) is 0 Å². The van der Waals surface area contributed by atoms with Crippen molar-refractivity contribution in [2.24, 2.45) is 0 Å². The Labute approximate surface area is 166 Å². The van der Waals surface area contributed by atoms with Gasteiger partial charge in [0.2, 0.25) is 11.8 Å². The number of hydrogen-bond donors (Lipinski definition) is 0. The van der Waals surface area contributed by atoms with Gasteiger partial charge in [-0.1, -0.05) is 37.2 Å². The molecular formula is C20H19N2O5S-. The number of hydrogen-bond acceptors (Lipinski definition) is 7. The zero-order valence-corrected chi connectivity index (χ0v) is 16.1. The Balaban J connectivity index is 1.83. The van der Waals surface area contributed by atoms with Gasteiger partial charge in [0, 0.05) is 18.2 Å². The van der Waals surface area contributed by atoms with Gasteiger partial charge in [-0.05, 0) is 30.7 Å². The molecule has 0 radical (unpaired) electrons. The van der Waals surface area contributed by atoms with E-state index in [2.05, 4.69) is 4.98 Å². The number of carboxylic acid groups (broad SMARTS) is 1. The van der Waals surface area contributed by atoms with Crippen LogP contribution in [0.2, 0.25) is 0 Å². The molecular weight excluding hydrogens is 380 g/mol. The maximum absolute atomic E-state index is 12.9. The molecule has 0 aliphatic carbocycles. The summed E-state index contributed by atoms with van der Waals surface area (Å²) in [6.07, 6.45) is 3.22. The van der Waals surface area contributed by atoms with E-state index < -0.39 is 17.1 Å². The molecule has 0 unspecified atom stereocenters. The normalized spacial score (nSPS) is 16.5. The highest BCUT2D eigenvalue weighted by atomic mass is 32.2. The van der Waals surface area contributed by atoms with Gasteiger partial charge in [0.05, 0.1) is 23.5 Å². The van der Waals surface area contributed by atoms with Crippen LogP contribution in [-0.4, -0.2) is 34.6 Å². The third-order valence-electron chi connectivity index (χ3n) is 4.21. The van der Waals surface area contributed by atoms with Gasteiger partial charge in [-0.3, -0.25) is 9.59 Å². The van der Waals surface area contributed by atoms with Gasteiger partial charge in [0.15, 0.2) is 0 Å². The predicted octanol–water partition coefficient (Wildman–Crippen LogP) is 2.05. The van der Waals surface area contributed by atoms with E-state index in [-0.39, 0.29) is 22.9 Å². The Morgan fingerprint density at radius 1 is 1.29 bits per heavy atom. The number of aromatic nitrogens is 1. The number of nitrogens with zero attached hydrogens (tertiary/aromatic N) is 2. The topological polar surface area (TPSA) is 99.6 Å². The molecule has 1 saturated heterocycles. The van der Waals surface area contributed by atoms with Crippen molar-refractivity contribution in [3.8, 4) is 5.75 Å². The fourth-order valence-electron chi connectivity index (χ4n) is 2.81. The molecule has 2 heterocycles. The number of carbonyl (C=O) groups is 3. The average Bonchev–Trinajstić information content (AvgIpc) is 2.96. The number of para-hydroxylation sites is 2. The lowest BCUT2D eigenvalue weighted by atomic mass is 10.2. The molecule has 8 heteroatoms. The highest BCUT2D eigenvalue weighted by molar-refractivity contribution is 8.00. The maximum atomic E-state index is 12.9. The molecule has 146 valence electrons. The Bertz CT molecular complexity index is 902. The molecule has 2 aromatic rings. The van der Waals surface area contributed by atoms with Crippen LogP contribution in [-0.2, 0) is 9.59 Å². The summed E-state index contributed by atoms with van der Waals surface area (Å²) >= 11 is 0.959. The standard InChI is InChI=1S/C20H20N2O5S/c1-2-3-11-27-15-9-5-4-8-14(15)22-17(23)12-16(19(22)24)28-18-13(20(25)26)7-6-10-21-18/h4-10,16H,2-3,11-12H2,1H3,(H,25,26)/p-1/t16-/m0/s1. The predicted molar refractivity (Wildman–Crippen MR) is 102 cm³/mol. The summed E-state index contributed by atoms with van der Waals surface area (Å²) in [6.45, 7) is 2.54. The number of ether oxygens (including phenoxy) is 1. The summed E-state index contributed by atoms with van der Waals surface area (Å²) in [5.74, 6) is -1.69. The van der Waals surface area contributed by atoms with Crippen LogP contribution in [0.4, 0.5) is 5.69 Å². The van der Waals surface area contributed by atoms with E-state index in [9.17, 15) is 19.5 Å². The number of rotatable bonds is 8. The molecule has 7 nitrogen and oxygen atoms in total. The summed E-state index contributed by atoms with van der Waals surface area (Å²) in [5, 5.41) is 10.6. The van der Waals surface area contributed by atoms with E-state index in [1.165, 1.54) is 18.3 Å². The molecule has 0 bridgehead atoms. The maximum Gasteiger partial charge on any atom is 0.247 e. The van der Waals surface area contributed by atoms with E-state index in [4.69, 9.17) is 4.74 Å². The van der Waals surface area contributed by atoms with Crippen molar-refractivity contribution in [2.75, 3.05) is 11.5 Å². The minimum absolute atomic E-state index is 0.0458. The van der Waals surface area contributed by atoms with Crippen LogP contribution in [0, 0.1) is 0 Å². The van der Waals surface area contributed by atoms with Crippen molar-refractivity contribution in [3.05, 3.63) is 48.2 Å².